The van der Waals surface area contributed by atoms with E-state index in [1.54, 1.807) is 0 Å². The Balaban J connectivity index is 1.40. The number of fused-ring (bicyclic) bond motifs is 3. The molecular weight excluding hydrogens is 300 g/mol. The van der Waals surface area contributed by atoms with Crippen molar-refractivity contribution in [3.8, 4) is 0 Å². The molecular formula is C19H24N4O. The second kappa shape index (κ2) is 6.38. The number of hydrogen-bond acceptors (Lipinski definition) is 3. The molecule has 2 aliphatic rings. The molecule has 5 nitrogen and oxygen atoms in total. The van der Waals surface area contributed by atoms with Crippen LogP contribution in [0.2, 0.25) is 0 Å². The number of carbonyl (C=O) groups is 1. The number of carbonyl (C=O) groups excluding carboxylic acids is 1. The van der Waals surface area contributed by atoms with Gasteiger partial charge in [-0.2, -0.15) is 0 Å². The van der Waals surface area contributed by atoms with Crippen molar-refractivity contribution < 1.29 is 4.79 Å². The van der Waals surface area contributed by atoms with Crippen molar-refractivity contribution in [2.24, 2.45) is 0 Å². The molecule has 4 rings (SSSR count). The molecule has 126 valence electrons. The largest absolute Gasteiger partial charge is 0.334 e. The van der Waals surface area contributed by atoms with Crippen LogP contribution in [0, 0.1) is 6.92 Å². The minimum absolute atomic E-state index is 0.309. The quantitative estimate of drug-likeness (QED) is 0.868. The van der Waals surface area contributed by atoms with Crippen LogP contribution in [-0.2, 0) is 24.2 Å². The molecule has 1 saturated heterocycles. The molecule has 0 aliphatic carbocycles. The summed E-state index contributed by atoms with van der Waals surface area (Å²) in [5.74, 6) is 2.32. The van der Waals surface area contributed by atoms with Crippen molar-refractivity contribution in [3.05, 3.63) is 47.5 Å². The topological polar surface area (TPSA) is 51.0 Å². The first-order valence-corrected chi connectivity index (χ1v) is 8.96. The fourth-order valence-electron chi connectivity index (χ4n) is 4.20. The molecule has 1 aromatic heterocycles. The van der Waals surface area contributed by atoms with E-state index in [-0.39, 0.29) is 0 Å². The summed E-state index contributed by atoms with van der Waals surface area (Å²) in [6, 6.07) is 11.0. The Labute approximate surface area is 142 Å². The molecule has 1 amide bonds. The van der Waals surface area contributed by atoms with Crippen molar-refractivity contribution in [1.29, 1.82) is 0 Å². The first-order valence-electron chi connectivity index (χ1n) is 8.96. The lowest BCUT2D eigenvalue weighted by atomic mass is 10.1. The summed E-state index contributed by atoms with van der Waals surface area (Å²) in [6.45, 7) is 2.86. The lowest BCUT2D eigenvalue weighted by Gasteiger charge is -2.28. The Kier molecular flexibility index (Phi) is 4.08. The van der Waals surface area contributed by atoms with Gasteiger partial charge in [-0.25, -0.2) is 0 Å². The highest BCUT2D eigenvalue weighted by molar-refractivity contribution is 5.77. The Morgan fingerprint density at radius 2 is 1.96 bits per heavy atom. The second-order valence-corrected chi connectivity index (χ2v) is 7.00. The number of amides is 1. The van der Waals surface area contributed by atoms with E-state index >= 15 is 0 Å². The van der Waals surface area contributed by atoms with Crippen molar-refractivity contribution in [2.45, 2.75) is 64.1 Å². The van der Waals surface area contributed by atoms with Gasteiger partial charge in [0, 0.05) is 25.4 Å². The molecule has 0 N–H and O–H groups in total. The van der Waals surface area contributed by atoms with Crippen LogP contribution in [0.15, 0.2) is 30.3 Å². The third-order valence-electron chi connectivity index (χ3n) is 5.43. The van der Waals surface area contributed by atoms with Crippen LogP contribution in [0.3, 0.4) is 0 Å². The van der Waals surface area contributed by atoms with Crippen LogP contribution in [0.4, 0.5) is 0 Å². The monoisotopic (exact) mass is 324 g/mol. The minimum Gasteiger partial charge on any atom is -0.334 e. The molecule has 24 heavy (non-hydrogen) atoms. The predicted molar refractivity (Wildman–Crippen MR) is 91.5 cm³/mol. The van der Waals surface area contributed by atoms with Gasteiger partial charge in [0.2, 0.25) is 5.91 Å². The number of aromatic nitrogens is 3. The van der Waals surface area contributed by atoms with Gasteiger partial charge < -0.3 is 9.47 Å². The number of rotatable bonds is 4. The highest BCUT2D eigenvalue weighted by Crippen LogP contribution is 2.32. The van der Waals surface area contributed by atoms with E-state index in [0.29, 0.717) is 24.4 Å². The minimum atomic E-state index is 0.309. The van der Waals surface area contributed by atoms with Crippen LogP contribution in [-0.4, -0.2) is 37.7 Å². The van der Waals surface area contributed by atoms with Gasteiger partial charge in [0.25, 0.3) is 0 Å². The first-order chi connectivity index (χ1) is 11.7. The van der Waals surface area contributed by atoms with Crippen LogP contribution in [0.1, 0.15) is 42.9 Å². The summed E-state index contributed by atoms with van der Waals surface area (Å²) in [6.07, 6.45) is 5.58. The summed E-state index contributed by atoms with van der Waals surface area (Å²) in [5, 5.41) is 8.50. The van der Waals surface area contributed by atoms with Crippen molar-refractivity contribution >= 4 is 5.91 Å². The van der Waals surface area contributed by atoms with E-state index in [0.717, 1.165) is 50.3 Å². The van der Waals surface area contributed by atoms with Crippen LogP contribution >= 0.6 is 0 Å². The van der Waals surface area contributed by atoms with Gasteiger partial charge in [0.05, 0.1) is 6.04 Å². The van der Waals surface area contributed by atoms with Gasteiger partial charge in [-0.15, -0.1) is 10.2 Å². The maximum absolute atomic E-state index is 12.8. The van der Waals surface area contributed by atoms with Gasteiger partial charge in [-0.1, -0.05) is 30.3 Å². The summed E-state index contributed by atoms with van der Waals surface area (Å²) in [5.41, 5.74) is 1.31. The van der Waals surface area contributed by atoms with Crippen LogP contribution in [0.25, 0.3) is 0 Å². The number of benzene rings is 1. The summed E-state index contributed by atoms with van der Waals surface area (Å²) < 4.78 is 2.20. The molecule has 2 aromatic rings. The Morgan fingerprint density at radius 3 is 2.79 bits per heavy atom. The molecule has 1 aromatic carbocycles. The zero-order valence-electron chi connectivity index (χ0n) is 14.2. The van der Waals surface area contributed by atoms with Crippen molar-refractivity contribution in [3.63, 3.8) is 0 Å². The Hall–Kier alpha value is -2.17. The van der Waals surface area contributed by atoms with E-state index in [1.807, 2.05) is 13.0 Å². The number of aryl methyl sites for hydroxylation is 2. The van der Waals surface area contributed by atoms with Gasteiger partial charge in [0.1, 0.15) is 11.6 Å². The molecule has 2 atom stereocenters. The standard InChI is InChI=1S/C19H24N4O/c1-14-20-21-18-12-16-10-11-17(13-22(14)18)23(16)19(24)9-5-8-15-6-3-2-4-7-15/h2-4,6-7,16-17H,5,8-13H2,1H3. The normalized spacial score (nSPS) is 22.3. The predicted octanol–water partition coefficient (Wildman–Crippen LogP) is 2.53. The molecule has 2 unspecified atom stereocenters. The van der Waals surface area contributed by atoms with E-state index in [9.17, 15) is 4.79 Å². The Morgan fingerprint density at radius 1 is 1.17 bits per heavy atom. The zero-order valence-corrected chi connectivity index (χ0v) is 14.2. The maximum atomic E-state index is 12.8. The zero-order chi connectivity index (χ0) is 16.5. The third-order valence-corrected chi connectivity index (χ3v) is 5.43. The van der Waals surface area contributed by atoms with Gasteiger partial charge >= 0.3 is 0 Å². The van der Waals surface area contributed by atoms with Crippen LogP contribution < -0.4 is 0 Å². The van der Waals surface area contributed by atoms with Crippen molar-refractivity contribution in [1.82, 2.24) is 19.7 Å². The molecule has 2 bridgehead atoms. The number of hydrogen-bond donors (Lipinski definition) is 0. The molecule has 3 heterocycles. The number of nitrogens with zero attached hydrogens (tertiary/aromatic N) is 4. The summed E-state index contributed by atoms with van der Waals surface area (Å²) >= 11 is 0. The van der Waals surface area contributed by atoms with E-state index < -0.39 is 0 Å². The lowest BCUT2D eigenvalue weighted by molar-refractivity contribution is -0.134. The molecule has 2 aliphatic heterocycles. The third kappa shape index (κ3) is 2.83. The van der Waals surface area contributed by atoms with E-state index in [1.165, 1.54) is 5.56 Å². The summed E-state index contributed by atoms with van der Waals surface area (Å²) in [7, 11) is 0. The van der Waals surface area contributed by atoms with Crippen molar-refractivity contribution in [2.75, 3.05) is 0 Å². The highest BCUT2D eigenvalue weighted by atomic mass is 16.2. The summed E-state index contributed by atoms with van der Waals surface area (Å²) in [4.78, 5) is 15.0. The van der Waals surface area contributed by atoms with E-state index in [4.69, 9.17) is 0 Å². The molecule has 5 heteroatoms. The Bertz CT molecular complexity index is 724. The fraction of sp³-hybridized carbons (Fsp3) is 0.526. The maximum Gasteiger partial charge on any atom is 0.223 e. The van der Waals surface area contributed by atoms with Gasteiger partial charge in [0.15, 0.2) is 0 Å². The first kappa shape index (κ1) is 15.4. The van der Waals surface area contributed by atoms with Crippen LogP contribution in [0.5, 0.6) is 0 Å². The molecule has 0 spiro atoms. The van der Waals surface area contributed by atoms with Gasteiger partial charge in [-0.3, -0.25) is 4.79 Å². The van der Waals surface area contributed by atoms with Gasteiger partial charge in [-0.05, 0) is 38.2 Å². The highest BCUT2D eigenvalue weighted by Gasteiger charge is 2.40. The lowest BCUT2D eigenvalue weighted by Crippen LogP contribution is -2.42. The molecule has 0 saturated carbocycles. The average Bonchev–Trinajstić information content (AvgIpc) is 3.07. The molecule has 1 fully saturated rings. The SMILES string of the molecule is Cc1nnc2n1CC1CCC(C2)N1C(=O)CCCc1ccccc1. The second-order valence-electron chi connectivity index (χ2n) is 7.00. The van der Waals surface area contributed by atoms with E-state index in [2.05, 4.69) is 43.9 Å². The average molecular weight is 324 g/mol. The molecule has 0 radical (unpaired) electrons. The fourth-order valence-corrected chi connectivity index (χ4v) is 4.20. The smallest absolute Gasteiger partial charge is 0.223 e.